The molecule has 24 heavy (non-hydrogen) atoms. The minimum absolute atomic E-state index is 0. The van der Waals surface area contributed by atoms with Gasteiger partial charge in [0, 0.05) is 59.8 Å². The monoisotopic (exact) mass is 453 g/mol. The van der Waals surface area contributed by atoms with E-state index in [0.29, 0.717) is 32.7 Å². The normalized spacial score (nSPS) is 21.2. The maximum absolute atomic E-state index is 12.3. The number of guanidine groups is 1. The topological polar surface area (TPSA) is 86.3 Å². The van der Waals surface area contributed by atoms with Crippen molar-refractivity contribution in [3.8, 4) is 0 Å². The van der Waals surface area contributed by atoms with E-state index in [9.17, 15) is 9.59 Å². The van der Waals surface area contributed by atoms with E-state index in [-0.39, 0.29) is 41.9 Å². The number of amides is 2. The van der Waals surface area contributed by atoms with Crippen LogP contribution in [0.3, 0.4) is 0 Å². The molecule has 1 atom stereocenters. The molecule has 8 nitrogen and oxygen atoms in total. The van der Waals surface area contributed by atoms with Crippen molar-refractivity contribution >= 4 is 41.8 Å². The zero-order valence-corrected chi connectivity index (χ0v) is 16.7. The van der Waals surface area contributed by atoms with Crippen LogP contribution in [0, 0.1) is 0 Å². The molecule has 0 radical (unpaired) electrons. The van der Waals surface area contributed by atoms with Crippen molar-refractivity contribution in [3.63, 3.8) is 0 Å². The molecule has 2 heterocycles. The summed E-state index contributed by atoms with van der Waals surface area (Å²) in [6.45, 7) is 4.06. The summed E-state index contributed by atoms with van der Waals surface area (Å²) in [5.74, 6) is 0.891. The fourth-order valence-corrected chi connectivity index (χ4v) is 2.86. The molecular formula is C15H28IN5O3. The van der Waals surface area contributed by atoms with Crippen LogP contribution >= 0.6 is 24.0 Å². The Bertz CT molecular complexity index is 446. The van der Waals surface area contributed by atoms with Crippen molar-refractivity contribution in [3.05, 3.63) is 0 Å². The van der Waals surface area contributed by atoms with E-state index in [4.69, 9.17) is 4.74 Å². The largest absolute Gasteiger partial charge is 0.368 e. The van der Waals surface area contributed by atoms with Gasteiger partial charge < -0.3 is 25.2 Å². The molecule has 0 aromatic carbocycles. The van der Waals surface area contributed by atoms with Crippen molar-refractivity contribution in [2.45, 2.75) is 25.4 Å². The molecular weight excluding hydrogens is 425 g/mol. The van der Waals surface area contributed by atoms with Gasteiger partial charge in [0.2, 0.25) is 5.91 Å². The van der Waals surface area contributed by atoms with Crippen LogP contribution in [0.25, 0.3) is 0 Å². The first-order valence-corrected chi connectivity index (χ1v) is 8.22. The molecule has 2 amide bonds. The zero-order chi connectivity index (χ0) is 16.7. The molecule has 0 aliphatic carbocycles. The van der Waals surface area contributed by atoms with Crippen molar-refractivity contribution < 1.29 is 14.3 Å². The number of piperazine rings is 1. The summed E-state index contributed by atoms with van der Waals surface area (Å²) in [5, 5.41) is 5.78. The summed E-state index contributed by atoms with van der Waals surface area (Å²) in [6.07, 6.45) is 1.97. The highest BCUT2D eigenvalue weighted by molar-refractivity contribution is 14.0. The molecule has 1 unspecified atom stereocenters. The van der Waals surface area contributed by atoms with Crippen LogP contribution < -0.4 is 10.6 Å². The van der Waals surface area contributed by atoms with E-state index in [2.05, 4.69) is 20.5 Å². The maximum Gasteiger partial charge on any atom is 0.251 e. The fraction of sp³-hybridized carbons (Fsp3) is 0.800. The molecule has 2 rings (SSSR count). The quantitative estimate of drug-likeness (QED) is 0.345. The number of hydrogen-bond donors (Lipinski definition) is 2. The first-order valence-electron chi connectivity index (χ1n) is 8.22. The second-order valence-corrected chi connectivity index (χ2v) is 5.71. The van der Waals surface area contributed by atoms with Crippen LogP contribution in [0.15, 0.2) is 4.99 Å². The highest BCUT2D eigenvalue weighted by Gasteiger charge is 2.30. The maximum atomic E-state index is 12.3. The average Bonchev–Trinajstić information content (AvgIpc) is 3.12. The molecule has 2 fully saturated rings. The molecule has 2 saturated heterocycles. The summed E-state index contributed by atoms with van der Waals surface area (Å²) < 4.78 is 5.47. The molecule has 138 valence electrons. The van der Waals surface area contributed by atoms with Gasteiger partial charge in [-0.15, -0.1) is 24.0 Å². The van der Waals surface area contributed by atoms with Gasteiger partial charge in [0.1, 0.15) is 6.10 Å². The van der Waals surface area contributed by atoms with Gasteiger partial charge in [0.25, 0.3) is 5.91 Å². The minimum atomic E-state index is -0.244. The van der Waals surface area contributed by atoms with Gasteiger partial charge in [0.15, 0.2) is 5.96 Å². The van der Waals surface area contributed by atoms with E-state index in [0.717, 1.165) is 31.9 Å². The third-order valence-corrected chi connectivity index (χ3v) is 4.22. The lowest BCUT2D eigenvalue weighted by Crippen LogP contribution is -2.55. The number of nitrogens with zero attached hydrogens (tertiary/aromatic N) is 3. The van der Waals surface area contributed by atoms with Gasteiger partial charge in [0.05, 0.1) is 0 Å². The SMILES string of the molecule is CN=C(NCCC(=O)NC)N1CCN(C(=O)C2CCCO2)CC1.I. The van der Waals surface area contributed by atoms with Gasteiger partial charge in [-0.3, -0.25) is 14.6 Å². The lowest BCUT2D eigenvalue weighted by Gasteiger charge is -2.37. The van der Waals surface area contributed by atoms with E-state index in [1.54, 1.807) is 14.1 Å². The first kappa shape index (κ1) is 20.9. The van der Waals surface area contributed by atoms with Gasteiger partial charge >= 0.3 is 0 Å². The molecule has 2 aliphatic heterocycles. The van der Waals surface area contributed by atoms with Crippen molar-refractivity contribution in [1.82, 2.24) is 20.4 Å². The minimum Gasteiger partial charge on any atom is -0.368 e. The third-order valence-electron chi connectivity index (χ3n) is 4.22. The van der Waals surface area contributed by atoms with E-state index < -0.39 is 0 Å². The molecule has 0 bridgehead atoms. The molecule has 0 spiro atoms. The first-order chi connectivity index (χ1) is 11.2. The molecule has 0 aromatic rings. The predicted molar refractivity (Wildman–Crippen MR) is 103 cm³/mol. The van der Waals surface area contributed by atoms with Gasteiger partial charge in [-0.1, -0.05) is 0 Å². The Kier molecular flexibility index (Phi) is 9.34. The number of carbonyl (C=O) groups is 2. The number of hydrogen-bond acceptors (Lipinski definition) is 4. The van der Waals surface area contributed by atoms with Crippen LogP contribution in [0.2, 0.25) is 0 Å². The number of rotatable bonds is 4. The standard InChI is InChI=1S/C15H27N5O3.HI/c1-16-13(21)5-6-18-15(17-2)20-9-7-19(8-10-20)14(22)12-4-3-11-23-12;/h12H,3-11H2,1-2H3,(H,16,21)(H,17,18);1H. The summed E-state index contributed by atoms with van der Waals surface area (Å²) >= 11 is 0. The third kappa shape index (κ3) is 5.76. The Hall–Kier alpha value is -1.10. The van der Waals surface area contributed by atoms with E-state index in [1.807, 2.05) is 4.90 Å². The van der Waals surface area contributed by atoms with Crippen molar-refractivity contribution in [1.29, 1.82) is 0 Å². The summed E-state index contributed by atoms with van der Waals surface area (Å²) in [4.78, 5) is 31.8. The molecule has 2 aliphatic rings. The van der Waals surface area contributed by atoms with Crippen LogP contribution in [0.5, 0.6) is 0 Å². The second kappa shape index (κ2) is 10.7. The van der Waals surface area contributed by atoms with Crippen LogP contribution in [0.4, 0.5) is 0 Å². The highest BCUT2D eigenvalue weighted by atomic mass is 127. The van der Waals surface area contributed by atoms with E-state index in [1.165, 1.54) is 0 Å². The highest BCUT2D eigenvalue weighted by Crippen LogP contribution is 2.16. The van der Waals surface area contributed by atoms with E-state index >= 15 is 0 Å². The van der Waals surface area contributed by atoms with Gasteiger partial charge in [-0.25, -0.2) is 0 Å². The average molecular weight is 453 g/mol. The Morgan fingerprint density at radius 1 is 1.21 bits per heavy atom. The van der Waals surface area contributed by atoms with Crippen molar-refractivity contribution in [2.24, 2.45) is 4.99 Å². The number of carbonyl (C=O) groups excluding carboxylic acids is 2. The Labute approximate surface area is 160 Å². The fourth-order valence-electron chi connectivity index (χ4n) is 2.86. The van der Waals surface area contributed by atoms with Crippen LogP contribution in [0.1, 0.15) is 19.3 Å². The lowest BCUT2D eigenvalue weighted by atomic mass is 10.2. The molecule has 2 N–H and O–H groups in total. The Morgan fingerprint density at radius 3 is 2.42 bits per heavy atom. The summed E-state index contributed by atoms with van der Waals surface area (Å²) in [7, 11) is 3.35. The molecule has 9 heteroatoms. The summed E-state index contributed by atoms with van der Waals surface area (Å²) in [6, 6.07) is 0. The van der Waals surface area contributed by atoms with Crippen molar-refractivity contribution in [2.75, 3.05) is 53.4 Å². The molecule has 0 saturated carbocycles. The van der Waals surface area contributed by atoms with Gasteiger partial charge in [-0.2, -0.15) is 0 Å². The predicted octanol–water partition coefficient (Wildman–Crippen LogP) is -0.361. The number of halogens is 1. The lowest BCUT2D eigenvalue weighted by molar-refractivity contribution is -0.142. The van der Waals surface area contributed by atoms with Crippen LogP contribution in [-0.2, 0) is 14.3 Å². The number of ether oxygens (including phenoxy) is 1. The van der Waals surface area contributed by atoms with Crippen LogP contribution in [-0.4, -0.2) is 87.1 Å². The number of nitrogens with one attached hydrogen (secondary N) is 2. The van der Waals surface area contributed by atoms with Gasteiger partial charge in [-0.05, 0) is 12.8 Å². The molecule has 0 aromatic heterocycles. The smallest absolute Gasteiger partial charge is 0.251 e. The Morgan fingerprint density at radius 2 is 1.88 bits per heavy atom. The zero-order valence-electron chi connectivity index (χ0n) is 14.4. The number of aliphatic imine (C=N–C) groups is 1. The summed E-state index contributed by atoms with van der Waals surface area (Å²) in [5.41, 5.74) is 0. The Balaban J connectivity index is 0.00000288. The second-order valence-electron chi connectivity index (χ2n) is 5.71.